The van der Waals surface area contributed by atoms with Crippen LogP contribution in [0.2, 0.25) is 20.1 Å². The topological polar surface area (TPSA) is 71.6 Å². The van der Waals surface area contributed by atoms with E-state index in [1.807, 2.05) is 36.4 Å². The number of aryl methyl sites for hydroxylation is 2. The Bertz CT molecular complexity index is 4340. The van der Waals surface area contributed by atoms with Crippen LogP contribution in [0.5, 0.6) is 5.75 Å². The van der Waals surface area contributed by atoms with Gasteiger partial charge in [0.2, 0.25) is 0 Å². The number of hydrogen-bond acceptors (Lipinski definition) is 9. The van der Waals surface area contributed by atoms with Crippen LogP contribution < -0.4 is 19.4 Å². The molecule has 0 aromatic heterocycles. The molecule has 0 N–H and O–H groups in total. The average molecular weight is 1410 g/mol. The van der Waals surface area contributed by atoms with E-state index in [2.05, 4.69) is 116 Å². The van der Waals surface area contributed by atoms with Gasteiger partial charge >= 0.3 is 18.7 Å². The van der Waals surface area contributed by atoms with Crippen molar-refractivity contribution in [2.75, 3.05) is 74.1 Å². The highest BCUT2D eigenvalue weighted by molar-refractivity contribution is 6.34. The maximum atomic E-state index is 13.3. The van der Waals surface area contributed by atoms with Crippen molar-refractivity contribution in [3.8, 4) is 5.75 Å². The maximum absolute atomic E-state index is 13.3. The van der Waals surface area contributed by atoms with Crippen molar-refractivity contribution in [3.63, 3.8) is 0 Å². The van der Waals surface area contributed by atoms with Crippen molar-refractivity contribution >= 4 is 109 Å². The maximum Gasteiger partial charge on any atom is 0.573 e. The zero-order valence-corrected chi connectivity index (χ0v) is 56.3. The van der Waals surface area contributed by atoms with Crippen molar-refractivity contribution in [3.05, 3.63) is 232 Å². The molecule has 0 saturated carbocycles. The summed E-state index contributed by atoms with van der Waals surface area (Å²) in [4.78, 5) is 27.4. The summed E-state index contributed by atoms with van der Waals surface area (Å²) < 4.78 is 119. The third kappa shape index (κ3) is 16.7. The van der Waals surface area contributed by atoms with E-state index in [-0.39, 0.29) is 27.8 Å². The molecule has 9 nitrogen and oxygen atoms in total. The molecular weight excluding hydrogens is 1340 g/mol. The van der Waals surface area contributed by atoms with Crippen LogP contribution in [0.3, 0.4) is 0 Å². The summed E-state index contributed by atoms with van der Waals surface area (Å²) in [6.07, 6.45) is -5.11. The monoisotopic (exact) mass is 1410 g/mol. The first-order valence-corrected chi connectivity index (χ1v) is 33.5. The van der Waals surface area contributed by atoms with E-state index in [9.17, 15) is 39.5 Å². The van der Waals surface area contributed by atoms with Gasteiger partial charge in [0.1, 0.15) is 5.75 Å². The van der Waals surface area contributed by atoms with Crippen LogP contribution in [-0.2, 0) is 38.0 Å². The lowest BCUT2D eigenvalue weighted by atomic mass is 10.0. The number of fused-ring (bicyclic) bond motifs is 4. The summed E-state index contributed by atoms with van der Waals surface area (Å²) in [6, 6.07) is 43.5. The van der Waals surface area contributed by atoms with Crippen LogP contribution in [0.15, 0.2) is 166 Å². The zero-order valence-electron chi connectivity index (χ0n) is 53.3. The lowest BCUT2D eigenvalue weighted by Crippen LogP contribution is -2.44. The highest BCUT2D eigenvalue weighted by Crippen LogP contribution is 2.46. The molecule has 7 aliphatic heterocycles. The minimum atomic E-state index is -4.82. The number of rotatable bonds is 8. The summed E-state index contributed by atoms with van der Waals surface area (Å²) >= 11 is 24.3. The van der Waals surface area contributed by atoms with E-state index in [0.717, 1.165) is 107 Å². The summed E-state index contributed by atoms with van der Waals surface area (Å²) in [7, 11) is 2.11. The fraction of sp³-hybridized carbons (Fsp3) is 0.307. The molecule has 0 atom stereocenters. The molecule has 8 aromatic carbocycles. The van der Waals surface area contributed by atoms with Gasteiger partial charge < -0.3 is 24.3 Å². The van der Waals surface area contributed by atoms with E-state index in [4.69, 9.17) is 56.4 Å². The number of likely N-dealkylation sites (N-methyl/N-ethyl adjacent to an activating group) is 1. The van der Waals surface area contributed by atoms with Gasteiger partial charge in [0.05, 0.1) is 66.8 Å². The Morgan fingerprint density at radius 1 is 0.361 bits per heavy atom. The molecule has 8 aromatic rings. The Balaban J connectivity index is 0.000000124. The molecule has 15 rings (SSSR count). The lowest BCUT2D eigenvalue weighted by Gasteiger charge is -2.34. The van der Waals surface area contributed by atoms with Gasteiger partial charge in [-0.1, -0.05) is 94.9 Å². The summed E-state index contributed by atoms with van der Waals surface area (Å²) in [5.74, 6) is -0.425. The van der Waals surface area contributed by atoms with Gasteiger partial charge in [-0.15, -0.1) is 13.2 Å². The smallest absolute Gasteiger partial charge is 0.406 e. The summed E-state index contributed by atoms with van der Waals surface area (Å²) in [6.45, 7) is 12.9. The number of hydrogen-bond donors (Lipinski definition) is 0. The lowest BCUT2D eigenvalue weighted by molar-refractivity contribution is -0.274. The molecular formula is C75H67Cl4F9N8O. The molecule has 7 aliphatic rings. The minimum Gasteiger partial charge on any atom is -0.406 e. The van der Waals surface area contributed by atoms with E-state index < -0.39 is 35.6 Å². The summed E-state index contributed by atoms with van der Waals surface area (Å²) in [5, 5.41) is 1.55. The van der Waals surface area contributed by atoms with Crippen molar-refractivity contribution in [2.45, 2.75) is 90.3 Å². The third-order valence-electron chi connectivity index (χ3n) is 18.0. The van der Waals surface area contributed by atoms with Crippen LogP contribution in [0.25, 0.3) is 0 Å². The van der Waals surface area contributed by atoms with Crippen molar-refractivity contribution in [1.29, 1.82) is 0 Å². The van der Waals surface area contributed by atoms with Gasteiger partial charge in [-0.2, -0.15) is 26.3 Å². The van der Waals surface area contributed by atoms with Crippen LogP contribution in [0.4, 0.5) is 79.3 Å². The zero-order chi connectivity index (χ0) is 68.5. The molecule has 0 radical (unpaired) electrons. The number of alkyl halides is 9. The third-order valence-corrected chi connectivity index (χ3v) is 19.0. The van der Waals surface area contributed by atoms with Gasteiger partial charge in [0.15, 0.2) is 0 Å². The number of anilines is 3. The first-order valence-electron chi connectivity index (χ1n) is 32.0. The van der Waals surface area contributed by atoms with Crippen LogP contribution in [0.1, 0.15) is 98.9 Å². The normalized spacial score (nSPS) is 16.5. The predicted octanol–water partition coefficient (Wildman–Crippen LogP) is 21.0. The van der Waals surface area contributed by atoms with Crippen molar-refractivity contribution in [1.82, 2.24) is 4.90 Å². The largest absolute Gasteiger partial charge is 0.573 e. The van der Waals surface area contributed by atoms with Crippen molar-refractivity contribution < 1.29 is 44.3 Å². The second-order valence-corrected chi connectivity index (χ2v) is 26.8. The fourth-order valence-corrected chi connectivity index (χ4v) is 14.3. The highest BCUT2D eigenvalue weighted by atomic mass is 35.5. The van der Waals surface area contributed by atoms with Gasteiger partial charge in [-0.3, -0.25) is 20.0 Å². The van der Waals surface area contributed by atoms with E-state index >= 15 is 0 Å². The highest BCUT2D eigenvalue weighted by Gasteiger charge is 2.39. The number of piperazine rings is 1. The number of piperidine rings is 1. The Morgan fingerprint density at radius 3 is 1.01 bits per heavy atom. The standard InChI is InChI=1S/C20H19ClF3N3.C20H21ClN2.C19H19ClN2.C16H8ClF6NO/c1-26-6-8-27(9-7-26)16-4-2-13(3-5-16)18-11-14-10-15(21)12-17(19(14)25-18)20(22,23)24;1-14-11-16-13-19(22-20(16)18(21)12-14)15-5-7-17(8-6-15)23-9-3-2-4-10-23;1-13-10-15-12-18(21-19(15)17(20)11-13)14-4-6-16(7-5-14)22-8-2-3-9-22;17-10-5-9-6-13(24-14(9)12(7-10)15(18,19)20)8-1-3-11(4-2-8)25-16(21,22)23/h2-5,10,12H,6-9,11H2,1H3;5-8,11-12H,2-4,9-10,13H2,1H3;4-7,10-11H,2-3,8-9,12H2,1H3;1-5,7H,6H2. The molecule has 0 aliphatic carbocycles. The Kier molecular flexibility index (Phi) is 20.6. The minimum absolute atomic E-state index is 0.00922. The molecule has 7 heterocycles. The Morgan fingerprint density at radius 2 is 0.670 bits per heavy atom. The number of ether oxygens (including phenoxy) is 1. The van der Waals surface area contributed by atoms with Crippen LogP contribution >= 0.6 is 46.4 Å². The average Bonchev–Trinajstić information content (AvgIpc) is 1.67. The first-order chi connectivity index (χ1) is 46.2. The van der Waals surface area contributed by atoms with Crippen LogP contribution in [-0.4, -0.2) is 93.5 Å². The second-order valence-electron chi connectivity index (χ2n) is 25.1. The predicted molar refractivity (Wildman–Crippen MR) is 375 cm³/mol. The Labute approximate surface area is 577 Å². The number of aliphatic imine (C=N–C) groups is 4. The fourth-order valence-electron chi connectivity index (χ4n) is 13.1. The van der Waals surface area contributed by atoms with Gasteiger partial charge in [-0.05, 0) is 206 Å². The van der Waals surface area contributed by atoms with Gasteiger partial charge in [-0.25, -0.2) is 0 Å². The molecule has 0 spiro atoms. The SMILES string of the molecule is CN1CCN(c2ccc(C3=Nc4c(cc(Cl)cc4C(F)(F)F)C3)cc2)CC1.Cc1cc(Cl)c2c(c1)CC(c1ccc(N3CCCC3)cc1)=N2.Cc1cc(Cl)c2c(c1)CC(c1ccc(N3CCCCC3)cc1)=N2.FC(F)(F)Oc1ccc(C2=Nc3c(cc(Cl)cc3C(F)(F)F)C2)cc1. The molecule has 0 amide bonds. The molecule has 97 heavy (non-hydrogen) atoms. The van der Waals surface area contributed by atoms with Crippen LogP contribution in [0, 0.1) is 13.8 Å². The molecule has 3 saturated heterocycles. The number of nitrogens with zero attached hydrogens (tertiary/aromatic N) is 8. The molecule has 22 heteroatoms. The quantitative estimate of drug-likeness (QED) is 0.142. The van der Waals surface area contributed by atoms with Crippen molar-refractivity contribution in [2.24, 2.45) is 20.0 Å². The van der Waals surface area contributed by atoms with E-state index in [1.54, 1.807) is 6.07 Å². The number of benzene rings is 8. The molecule has 0 bridgehead atoms. The molecule has 504 valence electrons. The number of halogens is 13. The van der Waals surface area contributed by atoms with E-state index in [1.165, 1.54) is 121 Å². The summed E-state index contributed by atoms with van der Waals surface area (Å²) in [5.41, 5.74) is 16.3. The Hall–Kier alpha value is -7.87. The molecule has 3 fully saturated rings. The molecule has 0 unspecified atom stereocenters. The first kappa shape index (κ1) is 69.0. The van der Waals surface area contributed by atoms with Gasteiger partial charge in [0, 0.05) is 105 Å². The van der Waals surface area contributed by atoms with E-state index in [0.29, 0.717) is 34.5 Å². The van der Waals surface area contributed by atoms with Gasteiger partial charge in [0.25, 0.3) is 0 Å². The second kappa shape index (κ2) is 28.9.